The molecule has 0 aromatic heterocycles. The van der Waals surface area contributed by atoms with Crippen LogP contribution in [0.4, 0.5) is 0 Å². The van der Waals surface area contributed by atoms with Crippen molar-refractivity contribution in [2.24, 2.45) is 29.6 Å². The van der Waals surface area contributed by atoms with Crippen LogP contribution in [0, 0.1) is 29.6 Å². The first kappa shape index (κ1) is 79.7. The monoisotopic (exact) mass is 1350 g/mol. The lowest BCUT2D eigenvalue weighted by molar-refractivity contribution is -0.151. The summed E-state index contributed by atoms with van der Waals surface area (Å²) in [5, 5.41) is 11.4. The second-order valence-electron chi connectivity index (χ2n) is 28.5. The van der Waals surface area contributed by atoms with E-state index in [1.807, 2.05) is 41.5 Å². The van der Waals surface area contributed by atoms with E-state index in [9.17, 15) is 52.7 Å². The molecule has 2 heterocycles. The molecule has 0 aromatic rings. The maximum Gasteiger partial charge on any atom is 0.246 e. The molecule has 0 aromatic carbocycles. The zero-order chi connectivity index (χ0) is 69.9. The normalized spacial score (nSPS) is 29.2. The number of hydrogen-bond donors (Lipinski definition) is 4. The Morgan fingerprint density at radius 1 is 0.548 bits per heavy atom. The maximum atomic E-state index is 15.1. The molecule has 0 spiro atoms. The largest absolute Gasteiger partial charge is 0.343 e. The summed E-state index contributed by atoms with van der Waals surface area (Å²) in [6, 6.07) is -8.46. The molecule has 93 heavy (non-hydrogen) atoms. The molecule has 10 atom stereocenters. The fourth-order valence-corrected chi connectivity index (χ4v) is 13.6. The number of carbonyl (C=O) groups is 12. The van der Waals surface area contributed by atoms with E-state index in [0.717, 1.165) is 24.2 Å². The summed E-state index contributed by atoms with van der Waals surface area (Å²) in [6.07, 6.45) is 8.89. The molecule has 4 aliphatic rings. The second kappa shape index (κ2) is 36.9. The number of likely N-dealkylation sites (tertiary alicyclic amines) is 1. The SMILES string of the molecule is CCCC[C@@H]1NC(=O)[C@H](CC2CCCC(Cl)C2)NC(=O)CN(C)C(=O)[C@H](CC2CCC(Cl)CC2)N(C)C(=O)CN(C)C(=O)CN(C)C(=O)[C@H]([C@@H](C)CC)NC(=O)[C@H](CC(C)C)N(C)C(=O)C[C@@H](C(=O)N2CCCC2)N(C)C(=O)[C@H](CC(C)C)NC(=O)C(C)(C)N(C)C1=O. The van der Waals surface area contributed by atoms with Crippen molar-refractivity contribution in [1.29, 1.82) is 0 Å². The Kier molecular flexibility index (Phi) is 31.6. The first-order chi connectivity index (χ1) is 43.5. The smallest absolute Gasteiger partial charge is 0.246 e. The average molecular weight is 1350 g/mol. The van der Waals surface area contributed by atoms with E-state index in [-0.39, 0.29) is 66.5 Å². The third kappa shape index (κ3) is 23.0. The van der Waals surface area contributed by atoms with Gasteiger partial charge in [-0.3, -0.25) is 57.5 Å². The predicted octanol–water partition coefficient (Wildman–Crippen LogP) is 4.75. The van der Waals surface area contributed by atoms with Crippen LogP contribution in [0.3, 0.4) is 0 Å². The summed E-state index contributed by atoms with van der Waals surface area (Å²) in [4.78, 5) is 186. The van der Waals surface area contributed by atoms with Crippen LogP contribution in [0.25, 0.3) is 0 Å². The van der Waals surface area contributed by atoms with Crippen LogP contribution < -0.4 is 21.3 Å². The molecule has 2 aliphatic heterocycles. The summed E-state index contributed by atoms with van der Waals surface area (Å²) in [5.41, 5.74) is -1.67. The fourth-order valence-electron chi connectivity index (χ4n) is 13.0. The van der Waals surface area contributed by atoms with Gasteiger partial charge < -0.3 is 60.5 Å². The van der Waals surface area contributed by atoms with Crippen LogP contribution in [0.5, 0.6) is 0 Å². The molecule has 12 amide bonds. The van der Waals surface area contributed by atoms with E-state index in [4.69, 9.17) is 23.2 Å². The van der Waals surface area contributed by atoms with Crippen LogP contribution in [-0.4, -0.2) is 251 Å². The highest BCUT2D eigenvalue weighted by molar-refractivity contribution is 6.20. The third-order valence-corrected chi connectivity index (χ3v) is 20.6. The van der Waals surface area contributed by atoms with Gasteiger partial charge in [-0.25, -0.2) is 0 Å². The molecule has 2 saturated heterocycles. The molecule has 0 bridgehead atoms. The quantitative estimate of drug-likeness (QED) is 0.172. The van der Waals surface area contributed by atoms with Crippen molar-refractivity contribution < 1.29 is 57.5 Å². The first-order valence-corrected chi connectivity index (χ1v) is 35.0. The molecule has 4 fully saturated rings. The molecule has 2 unspecified atom stereocenters. The van der Waals surface area contributed by atoms with Gasteiger partial charge in [-0.1, -0.05) is 80.6 Å². The Labute approximate surface area is 564 Å². The fraction of sp³-hybridized carbons (Fsp3) is 0.821. The van der Waals surface area contributed by atoms with Gasteiger partial charge in [-0.15, -0.1) is 23.2 Å². The number of halogens is 2. The Morgan fingerprint density at radius 2 is 1.14 bits per heavy atom. The zero-order valence-electron chi connectivity index (χ0n) is 58.8. The third-order valence-electron chi connectivity index (χ3n) is 19.7. The van der Waals surface area contributed by atoms with Gasteiger partial charge in [0.2, 0.25) is 70.9 Å². The summed E-state index contributed by atoms with van der Waals surface area (Å²) < 4.78 is 0. The Morgan fingerprint density at radius 3 is 1.72 bits per heavy atom. The molecule has 528 valence electrons. The number of unbranched alkanes of at least 4 members (excludes halogenated alkanes) is 1. The van der Waals surface area contributed by atoms with Crippen LogP contribution >= 0.6 is 23.2 Å². The highest BCUT2D eigenvalue weighted by Crippen LogP contribution is 2.33. The highest BCUT2D eigenvalue weighted by Gasteiger charge is 2.45. The van der Waals surface area contributed by atoms with Crippen molar-refractivity contribution in [2.45, 2.75) is 243 Å². The minimum atomic E-state index is -1.67. The average Bonchev–Trinajstić information content (AvgIpc) is 1.08. The van der Waals surface area contributed by atoms with E-state index in [0.29, 0.717) is 77.3 Å². The van der Waals surface area contributed by atoms with Crippen molar-refractivity contribution in [3.8, 4) is 0 Å². The summed E-state index contributed by atoms with van der Waals surface area (Å²) in [7, 11) is 9.99. The molecule has 4 rings (SSSR count). The van der Waals surface area contributed by atoms with Gasteiger partial charge in [0.25, 0.3) is 0 Å². The summed E-state index contributed by atoms with van der Waals surface area (Å²) >= 11 is 13.2. The van der Waals surface area contributed by atoms with Gasteiger partial charge in [-0.2, -0.15) is 0 Å². The molecular weight excluding hydrogens is 1240 g/mol. The number of nitrogens with one attached hydrogen (secondary N) is 4. The number of carbonyl (C=O) groups excluding carboxylic acids is 12. The van der Waals surface area contributed by atoms with Crippen molar-refractivity contribution in [3.05, 3.63) is 0 Å². The van der Waals surface area contributed by atoms with Gasteiger partial charge in [0.15, 0.2) is 0 Å². The van der Waals surface area contributed by atoms with Crippen molar-refractivity contribution >= 4 is 94.1 Å². The summed E-state index contributed by atoms with van der Waals surface area (Å²) in [5.74, 6) is -8.45. The molecular formula is C67H114Cl2N12O12. The molecule has 0 radical (unpaired) electrons. The Bertz CT molecular complexity index is 2600. The van der Waals surface area contributed by atoms with Crippen molar-refractivity contribution in [3.63, 3.8) is 0 Å². The second-order valence-corrected chi connectivity index (χ2v) is 29.8. The minimum Gasteiger partial charge on any atom is -0.343 e. The van der Waals surface area contributed by atoms with E-state index in [1.165, 1.54) is 92.6 Å². The van der Waals surface area contributed by atoms with E-state index < -0.39 is 151 Å². The lowest BCUT2D eigenvalue weighted by Crippen LogP contribution is -2.63. The number of hydrogen-bond acceptors (Lipinski definition) is 12. The lowest BCUT2D eigenvalue weighted by Gasteiger charge is -2.39. The Balaban J connectivity index is 1.85. The van der Waals surface area contributed by atoms with Crippen molar-refractivity contribution in [2.75, 3.05) is 82.1 Å². The van der Waals surface area contributed by atoms with Crippen LogP contribution in [-0.2, 0) is 57.5 Å². The minimum absolute atomic E-state index is 0.0101. The summed E-state index contributed by atoms with van der Waals surface area (Å²) in [6.45, 7) is 15.3. The number of likely N-dealkylation sites (N-methyl/N-ethyl adjacent to an activating group) is 7. The van der Waals surface area contributed by atoms with Gasteiger partial charge in [0.1, 0.15) is 47.8 Å². The zero-order valence-corrected chi connectivity index (χ0v) is 60.3. The number of alkyl halides is 2. The molecule has 2 saturated carbocycles. The molecule has 24 nitrogen and oxygen atoms in total. The standard InChI is InChI=1S/C67H114Cl2N12O12/c1-17-19-25-48-62(89)80(16)67(8,9)66(93)72-50(32-41(3)4)61(88)79(15)53(64(91)81-30-20-21-31-81)37-55(83)77(13)51(33-42(5)6)60(87)73-58(43(7)18-2)65(92)76(12)39-56(84)74(10)40-57(85)78(14)52(36-44-26-28-46(68)29-27-44)63(90)75(11)38-54(82)70-49(59(86)71-48)35-45-23-22-24-47(69)34-45/h41-53,58H,17-40H2,1-16H3,(H,70,82)(H,71,86)(H,72,93)(H,73,87)/t43-,44?,45?,46?,47?,48-,49-,50-,51-,52-,53-,58-/m0/s1. The van der Waals surface area contributed by atoms with Crippen molar-refractivity contribution in [1.82, 2.24) is 60.5 Å². The van der Waals surface area contributed by atoms with Gasteiger partial charge in [0, 0.05) is 73.2 Å². The van der Waals surface area contributed by atoms with E-state index >= 15 is 4.79 Å². The number of rotatable bonds is 14. The molecule has 2 aliphatic carbocycles. The van der Waals surface area contributed by atoms with Gasteiger partial charge in [0.05, 0.1) is 26.1 Å². The van der Waals surface area contributed by atoms with Gasteiger partial charge in [-0.05, 0) is 127 Å². The predicted molar refractivity (Wildman–Crippen MR) is 358 cm³/mol. The molecule has 26 heteroatoms. The number of amides is 12. The van der Waals surface area contributed by atoms with E-state index in [1.54, 1.807) is 11.8 Å². The molecule has 4 N–H and O–H groups in total. The topological polar surface area (TPSA) is 279 Å². The van der Waals surface area contributed by atoms with E-state index in [2.05, 4.69) is 21.3 Å². The van der Waals surface area contributed by atoms with Crippen LogP contribution in [0.2, 0.25) is 0 Å². The van der Waals surface area contributed by atoms with Crippen LogP contribution in [0.1, 0.15) is 184 Å². The Hall–Kier alpha value is -5.78. The lowest BCUT2D eigenvalue weighted by atomic mass is 9.84. The first-order valence-electron chi connectivity index (χ1n) is 34.1. The maximum absolute atomic E-state index is 15.1. The highest BCUT2D eigenvalue weighted by atomic mass is 35.5. The van der Waals surface area contributed by atoms with Crippen LogP contribution in [0.15, 0.2) is 0 Å². The van der Waals surface area contributed by atoms with Gasteiger partial charge >= 0.3 is 0 Å². The number of nitrogens with zero attached hydrogens (tertiary/aromatic N) is 8.